The van der Waals surface area contributed by atoms with E-state index >= 15 is 0 Å². The molecule has 0 unspecified atom stereocenters. The summed E-state index contributed by atoms with van der Waals surface area (Å²) in [6.07, 6.45) is 0. The average molecular weight is 328 g/mol. The maximum absolute atomic E-state index is 11.4. The zero-order valence-corrected chi connectivity index (χ0v) is 13.1. The van der Waals surface area contributed by atoms with Crippen molar-refractivity contribution in [3.05, 3.63) is 51.1 Å². The summed E-state index contributed by atoms with van der Waals surface area (Å²) in [6, 6.07) is 6.79. The Hall–Kier alpha value is -1.23. The highest BCUT2D eigenvalue weighted by Gasteiger charge is 2.17. The van der Waals surface area contributed by atoms with E-state index in [9.17, 15) is 9.90 Å². The van der Waals surface area contributed by atoms with Crippen LogP contribution in [-0.2, 0) is 0 Å². The molecule has 104 valence electrons. The van der Waals surface area contributed by atoms with Crippen LogP contribution in [0.25, 0.3) is 0 Å². The van der Waals surface area contributed by atoms with Gasteiger partial charge in [-0.1, -0.05) is 35.0 Å². The molecule has 2 rings (SSSR count). The van der Waals surface area contributed by atoms with E-state index in [-0.39, 0.29) is 5.56 Å². The number of aryl methyl sites for hydroxylation is 2. The fraction of sp³-hybridized carbons (Fsp3) is 0.143. The molecule has 0 fully saturated rings. The highest BCUT2D eigenvalue weighted by atomic mass is 35.5. The van der Waals surface area contributed by atoms with Crippen LogP contribution < -0.4 is 0 Å². The van der Waals surface area contributed by atoms with Crippen LogP contribution in [0, 0.1) is 13.8 Å². The highest BCUT2D eigenvalue weighted by molar-refractivity contribution is 7.99. The summed E-state index contributed by atoms with van der Waals surface area (Å²) in [7, 11) is 0. The Morgan fingerprint density at radius 2 is 1.95 bits per heavy atom. The average Bonchev–Trinajstić information content (AvgIpc) is 2.32. The quantitative estimate of drug-likeness (QED) is 0.874. The first-order valence-electron chi connectivity index (χ1n) is 5.73. The van der Waals surface area contributed by atoms with Crippen molar-refractivity contribution in [1.82, 2.24) is 4.98 Å². The zero-order valence-electron chi connectivity index (χ0n) is 10.8. The van der Waals surface area contributed by atoms with Crippen LogP contribution in [0.3, 0.4) is 0 Å². The summed E-state index contributed by atoms with van der Waals surface area (Å²) in [6.45, 7) is 3.57. The number of pyridine rings is 1. The number of carbonyl (C=O) groups is 1. The van der Waals surface area contributed by atoms with E-state index in [4.69, 9.17) is 23.2 Å². The van der Waals surface area contributed by atoms with Gasteiger partial charge in [0.15, 0.2) is 0 Å². The monoisotopic (exact) mass is 327 g/mol. The molecule has 1 aromatic carbocycles. The van der Waals surface area contributed by atoms with E-state index in [1.165, 1.54) is 11.8 Å². The molecule has 20 heavy (non-hydrogen) atoms. The molecule has 1 heterocycles. The summed E-state index contributed by atoms with van der Waals surface area (Å²) in [5.74, 6) is -1.00. The molecule has 0 bridgehead atoms. The normalized spacial score (nSPS) is 10.6. The summed E-state index contributed by atoms with van der Waals surface area (Å²) >= 11 is 13.2. The summed E-state index contributed by atoms with van der Waals surface area (Å²) in [5, 5.41) is 10.8. The lowest BCUT2D eigenvalue weighted by molar-refractivity contribution is 0.0691. The molecule has 0 saturated heterocycles. The van der Waals surface area contributed by atoms with Gasteiger partial charge in [0, 0.05) is 15.6 Å². The topological polar surface area (TPSA) is 50.2 Å². The molecule has 0 amide bonds. The molecule has 0 aliphatic rings. The van der Waals surface area contributed by atoms with Gasteiger partial charge in [0.2, 0.25) is 0 Å². The van der Waals surface area contributed by atoms with Crippen molar-refractivity contribution in [2.24, 2.45) is 0 Å². The minimum absolute atomic E-state index is 0.191. The second-order valence-corrected chi connectivity index (χ2v) is 6.12. The third-order valence-electron chi connectivity index (χ3n) is 2.63. The number of nitrogens with zero attached hydrogens (tertiary/aromatic N) is 1. The minimum Gasteiger partial charge on any atom is -0.478 e. The molecular weight excluding hydrogens is 317 g/mol. The number of hydrogen-bond donors (Lipinski definition) is 1. The maximum Gasteiger partial charge on any atom is 0.338 e. The summed E-state index contributed by atoms with van der Waals surface area (Å²) < 4.78 is 0. The molecule has 2 aromatic rings. The van der Waals surface area contributed by atoms with Gasteiger partial charge < -0.3 is 5.11 Å². The molecule has 0 atom stereocenters. The van der Waals surface area contributed by atoms with Crippen LogP contribution in [-0.4, -0.2) is 16.1 Å². The fourth-order valence-corrected chi connectivity index (χ4v) is 3.37. The zero-order chi connectivity index (χ0) is 14.9. The third kappa shape index (κ3) is 3.26. The summed E-state index contributed by atoms with van der Waals surface area (Å²) in [5.41, 5.74) is 1.62. The molecule has 0 radical (unpaired) electrons. The van der Waals surface area contributed by atoms with Crippen LogP contribution in [0.5, 0.6) is 0 Å². The highest BCUT2D eigenvalue weighted by Crippen LogP contribution is 2.36. The predicted molar refractivity (Wildman–Crippen MR) is 81.3 cm³/mol. The van der Waals surface area contributed by atoms with E-state index < -0.39 is 5.97 Å². The molecular formula is C14H11Cl2NO2S. The molecule has 0 aliphatic heterocycles. The van der Waals surface area contributed by atoms with Gasteiger partial charge in [-0.05, 0) is 43.7 Å². The Bertz CT molecular complexity index is 689. The van der Waals surface area contributed by atoms with Crippen molar-refractivity contribution in [3.8, 4) is 0 Å². The lowest BCUT2D eigenvalue weighted by atomic mass is 10.1. The van der Waals surface area contributed by atoms with Gasteiger partial charge >= 0.3 is 5.97 Å². The Balaban J connectivity index is 2.53. The molecule has 1 N–H and O–H groups in total. The van der Waals surface area contributed by atoms with Crippen molar-refractivity contribution in [3.63, 3.8) is 0 Å². The van der Waals surface area contributed by atoms with Gasteiger partial charge in [-0.15, -0.1) is 0 Å². The number of benzene rings is 1. The number of aromatic nitrogens is 1. The van der Waals surface area contributed by atoms with Crippen LogP contribution in [0.15, 0.2) is 34.2 Å². The number of halogens is 2. The van der Waals surface area contributed by atoms with E-state index in [0.29, 0.717) is 25.5 Å². The van der Waals surface area contributed by atoms with Crippen molar-refractivity contribution in [1.29, 1.82) is 0 Å². The van der Waals surface area contributed by atoms with E-state index in [1.54, 1.807) is 31.2 Å². The van der Waals surface area contributed by atoms with Crippen molar-refractivity contribution in [2.45, 2.75) is 23.8 Å². The Morgan fingerprint density at radius 3 is 2.60 bits per heavy atom. The largest absolute Gasteiger partial charge is 0.478 e. The first-order valence-corrected chi connectivity index (χ1v) is 7.30. The fourth-order valence-electron chi connectivity index (χ4n) is 1.80. The van der Waals surface area contributed by atoms with Gasteiger partial charge in [-0.2, -0.15) is 0 Å². The smallest absolute Gasteiger partial charge is 0.338 e. The number of rotatable bonds is 3. The molecule has 6 heteroatoms. The van der Waals surface area contributed by atoms with Gasteiger partial charge in [0.1, 0.15) is 5.03 Å². The molecule has 0 aliphatic carbocycles. The molecule has 1 aromatic heterocycles. The standard InChI is InChI=1S/C14H11Cl2NO2S/c1-7-5-8(2)17-13(12(7)14(18)19)20-11-6-9(15)3-4-10(11)16/h3-6H,1-2H3,(H,18,19). The lowest BCUT2D eigenvalue weighted by Crippen LogP contribution is -2.05. The first kappa shape index (κ1) is 15.2. The van der Waals surface area contributed by atoms with E-state index in [1.807, 2.05) is 6.92 Å². The van der Waals surface area contributed by atoms with Gasteiger partial charge in [0.25, 0.3) is 0 Å². The minimum atomic E-state index is -1.00. The number of hydrogen-bond acceptors (Lipinski definition) is 3. The Labute approximate surface area is 130 Å². The van der Waals surface area contributed by atoms with Crippen molar-refractivity contribution in [2.75, 3.05) is 0 Å². The van der Waals surface area contributed by atoms with Gasteiger partial charge in [-0.3, -0.25) is 0 Å². The SMILES string of the molecule is Cc1cc(C)c(C(=O)O)c(Sc2cc(Cl)ccc2Cl)n1. The molecule has 0 spiro atoms. The maximum atomic E-state index is 11.4. The second-order valence-electron chi connectivity index (χ2n) is 4.24. The first-order chi connectivity index (χ1) is 9.38. The van der Waals surface area contributed by atoms with Crippen molar-refractivity contribution < 1.29 is 9.90 Å². The van der Waals surface area contributed by atoms with Crippen LogP contribution >= 0.6 is 35.0 Å². The number of carboxylic acids is 1. The summed E-state index contributed by atoms with van der Waals surface area (Å²) in [4.78, 5) is 16.4. The third-order valence-corrected chi connectivity index (χ3v) is 4.35. The van der Waals surface area contributed by atoms with Gasteiger partial charge in [0.05, 0.1) is 10.6 Å². The number of aromatic carboxylic acids is 1. The number of carboxylic acid groups (broad SMARTS) is 1. The van der Waals surface area contributed by atoms with E-state index in [2.05, 4.69) is 4.98 Å². The van der Waals surface area contributed by atoms with E-state index in [0.717, 1.165) is 5.69 Å². The molecule has 3 nitrogen and oxygen atoms in total. The van der Waals surface area contributed by atoms with Crippen molar-refractivity contribution >= 4 is 40.9 Å². The molecule has 0 saturated carbocycles. The Morgan fingerprint density at radius 1 is 1.25 bits per heavy atom. The predicted octanol–water partition coefficient (Wildman–Crippen LogP) is 4.85. The second kappa shape index (κ2) is 6.04. The van der Waals surface area contributed by atoms with Crippen LogP contribution in [0.1, 0.15) is 21.6 Å². The van der Waals surface area contributed by atoms with Crippen LogP contribution in [0.4, 0.5) is 0 Å². The van der Waals surface area contributed by atoms with Crippen LogP contribution in [0.2, 0.25) is 10.0 Å². The lowest BCUT2D eigenvalue weighted by Gasteiger charge is -2.10. The van der Waals surface area contributed by atoms with Gasteiger partial charge in [-0.25, -0.2) is 9.78 Å². The Kier molecular flexibility index (Phi) is 4.58.